The first-order valence-corrected chi connectivity index (χ1v) is 6.00. The number of carbonyl (C=O) groups excluding carboxylic acids is 1. The predicted octanol–water partition coefficient (Wildman–Crippen LogP) is 1.44. The van der Waals surface area contributed by atoms with Crippen LogP contribution in [0.5, 0.6) is 0 Å². The van der Waals surface area contributed by atoms with Crippen molar-refractivity contribution < 1.29 is 27.4 Å². The molecule has 0 saturated carbocycles. The van der Waals surface area contributed by atoms with Crippen molar-refractivity contribution in [1.29, 1.82) is 0 Å². The zero-order valence-electron chi connectivity index (χ0n) is 9.43. The molecule has 1 amide bonds. The minimum atomic E-state index is -4.41. The van der Waals surface area contributed by atoms with Crippen LogP contribution in [0, 0.1) is 0 Å². The number of amides is 1. The van der Waals surface area contributed by atoms with Crippen molar-refractivity contribution in [3.8, 4) is 0 Å². The predicted molar refractivity (Wildman–Crippen MR) is 59.1 cm³/mol. The molecule has 8 heteroatoms. The Morgan fingerprint density at radius 3 is 2.47 bits per heavy atom. The van der Waals surface area contributed by atoms with Crippen molar-refractivity contribution in [2.75, 3.05) is 45.4 Å². The minimum Gasteiger partial charge on any atom is -0.383 e. The topological polar surface area (TPSA) is 38.8 Å². The standard InChI is InChI=1S/C9H15BrF3NO3/c1-16-5-4-14(3-2-10)8(15)6-17-7-9(11,12)13/h2-7H2,1H3. The zero-order valence-corrected chi connectivity index (χ0v) is 11.0. The molecule has 0 aliphatic heterocycles. The summed E-state index contributed by atoms with van der Waals surface area (Å²) in [4.78, 5) is 12.9. The molecule has 17 heavy (non-hydrogen) atoms. The van der Waals surface area contributed by atoms with E-state index in [1.165, 1.54) is 12.0 Å². The van der Waals surface area contributed by atoms with E-state index in [1.54, 1.807) is 0 Å². The van der Waals surface area contributed by atoms with Crippen LogP contribution in [0.2, 0.25) is 0 Å². The molecule has 0 atom stereocenters. The molecule has 0 aliphatic carbocycles. The van der Waals surface area contributed by atoms with E-state index in [4.69, 9.17) is 4.74 Å². The lowest BCUT2D eigenvalue weighted by atomic mass is 10.4. The number of rotatable bonds is 8. The molecule has 0 aliphatic rings. The van der Waals surface area contributed by atoms with E-state index in [0.29, 0.717) is 25.0 Å². The first-order valence-electron chi connectivity index (χ1n) is 4.88. The highest BCUT2D eigenvalue weighted by molar-refractivity contribution is 9.09. The van der Waals surface area contributed by atoms with Gasteiger partial charge in [0.25, 0.3) is 0 Å². The average molecular weight is 322 g/mol. The van der Waals surface area contributed by atoms with Crippen molar-refractivity contribution in [2.24, 2.45) is 0 Å². The highest BCUT2D eigenvalue weighted by atomic mass is 79.9. The molecule has 4 nitrogen and oxygen atoms in total. The first kappa shape index (κ1) is 16.7. The Kier molecular flexibility index (Phi) is 8.53. The molecule has 0 saturated heterocycles. The molecule has 0 N–H and O–H groups in total. The number of hydrogen-bond acceptors (Lipinski definition) is 3. The van der Waals surface area contributed by atoms with Crippen LogP contribution in [0.1, 0.15) is 0 Å². The van der Waals surface area contributed by atoms with Crippen LogP contribution in [0.15, 0.2) is 0 Å². The van der Waals surface area contributed by atoms with E-state index in [9.17, 15) is 18.0 Å². The lowest BCUT2D eigenvalue weighted by Crippen LogP contribution is -2.38. The average Bonchev–Trinajstić information content (AvgIpc) is 2.22. The van der Waals surface area contributed by atoms with E-state index in [2.05, 4.69) is 20.7 Å². The highest BCUT2D eigenvalue weighted by Crippen LogP contribution is 2.14. The summed E-state index contributed by atoms with van der Waals surface area (Å²) in [6, 6.07) is 0. The molecule has 0 spiro atoms. The van der Waals surface area contributed by atoms with Crippen LogP contribution in [0.25, 0.3) is 0 Å². The third-order valence-electron chi connectivity index (χ3n) is 1.76. The lowest BCUT2D eigenvalue weighted by Gasteiger charge is -2.21. The fraction of sp³-hybridized carbons (Fsp3) is 0.889. The van der Waals surface area contributed by atoms with Crippen molar-refractivity contribution in [1.82, 2.24) is 4.90 Å². The summed E-state index contributed by atoms with van der Waals surface area (Å²) in [5, 5.41) is 0.543. The SMILES string of the molecule is COCCN(CCBr)C(=O)COCC(F)(F)F. The normalized spacial score (nSPS) is 11.6. The Hall–Kier alpha value is -0.340. The number of alkyl halides is 4. The van der Waals surface area contributed by atoms with E-state index in [0.717, 1.165) is 0 Å². The fourth-order valence-electron chi connectivity index (χ4n) is 1.01. The molecule has 0 bridgehead atoms. The maximum absolute atomic E-state index is 11.8. The maximum atomic E-state index is 11.8. The molecule has 0 fully saturated rings. The van der Waals surface area contributed by atoms with Gasteiger partial charge in [-0.05, 0) is 0 Å². The summed E-state index contributed by atoms with van der Waals surface area (Å²) < 4.78 is 44.4. The molecule has 0 rings (SSSR count). The summed E-state index contributed by atoms with van der Waals surface area (Å²) in [6.07, 6.45) is -4.41. The number of halogens is 4. The second-order valence-corrected chi connectivity index (χ2v) is 3.96. The van der Waals surface area contributed by atoms with Crippen LogP contribution in [-0.2, 0) is 14.3 Å². The van der Waals surface area contributed by atoms with Gasteiger partial charge in [-0.2, -0.15) is 13.2 Å². The van der Waals surface area contributed by atoms with Gasteiger partial charge in [0, 0.05) is 25.5 Å². The largest absolute Gasteiger partial charge is 0.411 e. The number of ether oxygens (including phenoxy) is 2. The Labute approximate surface area is 106 Å². The summed E-state index contributed by atoms with van der Waals surface area (Å²) in [6.45, 7) is -0.923. The van der Waals surface area contributed by atoms with Gasteiger partial charge < -0.3 is 14.4 Å². The monoisotopic (exact) mass is 321 g/mol. The summed E-state index contributed by atoms with van der Waals surface area (Å²) in [5.74, 6) is -0.481. The third kappa shape index (κ3) is 9.37. The summed E-state index contributed by atoms with van der Waals surface area (Å²) in [5.41, 5.74) is 0. The van der Waals surface area contributed by atoms with Crippen molar-refractivity contribution in [2.45, 2.75) is 6.18 Å². The number of carbonyl (C=O) groups is 1. The molecular weight excluding hydrogens is 307 g/mol. The number of methoxy groups -OCH3 is 1. The van der Waals surface area contributed by atoms with Crippen LogP contribution in [-0.4, -0.2) is 62.3 Å². The van der Waals surface area contributed by atoms with Crippen LogP contribution in [0.4, 0.5) is 13.2 Å². The molecule has 0 aromatic rings. The molecular formula is C9H15BrF3NO3. The van der Waals surface area contributed by atoms with Gasteiger partial charge in [0.15, 0.2) is 0 Å². The van der Waals surface area contributed by atoms with Gasteiger partial charge in [0.05, 0.1) is 6.61 Å². The number of nitrogens with zero attached hydrogens (tertiary/aromatic N) is 1. The lowest BCUT2D eigenvalue weighted by molar-refractivity contribution is -0.177. The summed E-state index contributed by atoms with van der Waals surface area (Å²) >= 11 is 3.15. The second-order valence-electron chi connectivity index (χ2n) is 3.17. The fourth-order valence-corrected chi connectivity index (χ4v) is 1.44. The maximum Gasteiger partial charge on any atom is 0.411 e. The minimum absolute atomic E-state index is 0.330. The van der Waals surface area contributed by atoms with Gasteiger partial charge in [0.2, 0.25) is 5.91 Å². The molecule has 0 aromatic heterocycles. The molecule has 102 valence electrons. The van der Waals surface area contributed by atoms with E-state index in [1.807, 2.05) is 0 Å². The van der Waals surface area contributed by atoms with Crippen molar-refractivity contribution >= 4 is 21.8 Å². The first-order chi connectivity index (χ1) is 7.90. The Balaban J connectivity index is 3.96. The summed E-state index contributed by atoms with van der Waals surface area (Å²) in [7, 11) is 1.48. The quantitative estimate of drug-likeness (QED) is 0.635. The van der Waals surface area contributed by atoms with Gasteiger partial charge >= 0.3 is 6.18 Å². The van der Waals surface area contributed by atoms with Gasteiger partial charge in [-0.3, -0.25) is 4.79 Å². The Bertz CT molecular complexity index is 226. The van der Waals surface area contributed by atoms with E-state index in [-0.39, 0.29) is 0 Å². The Morgan fingerprint density at radius 1 is 1.35 bits per heavy atom. The second kappa shape index (κ2) is 8.71. The van der Waals surface area contributed by atoms with Crippen molar-refractivity contribution in [3.63, 3.8) is 0 Å². The highest BCUT2D eigenvalue weighted by Gasteiger charge is 2.28. The van der Waals surface area contributed by atoms with Gasteiger partial charge in [-0.15, -0.1) is 0 Å². The third-order valence-corrected chi connectivity index (χ3v) is 2.12. The van der Waals surface area contributed by atoms with Gasteiger partial charge in [-0.25, -0.2) is 0 Å². The Morgan fingerprint density at radius 2 is 2.00 bits per heavy atom. The molecule has 0 aromatic carbocycles. The van der Waals surface area contributed by atoms with Crippen molar-refractivity contribution in [3.05, 3.63) is 0 Å². The zero-order chi connectivity index (χ0) is 13.3. The molecule has 0 heterocycles. The van der Waals surface area contributed by atoms with Gasteiger partial charge in [0.1, 0.15) is 13.2 Å². The van der Waals surface area contributed by atoms with E-state index < -0.39 is 25.3 Å². The smallest absolute Gasteiger partial charge is 0.383 e. The molecule has 0 unspecified atom stereocenters. The number of hydrogen-bond donors (Lipinski definition) is 0. The van der Waals surface area contributed by atoms with Crippen LogP contribution >= 0.6 is 15.9 Å². The van der Waals surface area contributed by atoms with Crippen LogP contribution < -0.4 is 0 Å². The molecule has 0 radical (unpaired) electrons. The van der Waals surface area contributed by atoms with E-state index >= 15 is 0 Å². The van der Waals surface area contributed by atoms with Crippen LogP contribution in [0.3, 0.4) is 0 Å². The van der Waals surface area contributed by atoms with Gasteiger partial charge in [-0.1, -0.05) is 15.9 Å².